The van der Waals surface area contributed by atoms with Gasteiger partial charge in [0.25, 0.3) is 0 Å². The summed E-state index contributed by atoms with van der Waals surface area (Å²) in [5, 5.41) is 40.9. The molecule has 18 heavy (non-hydrogen) atoms. The number of nitrogens with one attached hydrogen (secondary N) is 2. The first kappa shape index (κ1) is 17.1. The molecule has 0 unspecified atom stereocenters. The summed E-state index contributed by atoms with van der Waals surface area (Å²) >= 11 is 5.33. The van der Waals surface area contributed by atoms with Crippen LogP contribution in [-0.2, 0) is 4.79 Å². The van der Waals surface area contributed by atoms with Crippen molar-refractivity contribution in [1.29, 1.82) is 0 Å². The van der Waals surface area contributed by atoms with Crippen LogP contribution in [0.1, 0.15) is 0 Å². The molecule has 0 spiro atoms. The van der Waals surface area contributed by atoms with E-state index < -0.39 is 37.0 Å². The lowest BCUT2D eigenvalue weighted by molar-refractivity contribution is -0.119. The standard InChI is InChI=1S/C9H17ClN2O6/c10-1-2-11-9(18)12-5(3-13)7(16)8(17)6(15)4-14/h3,5-8,14-17H,1-2,4H2,(H2,11,12,18)/t5-,6+,7+,8+/m0/s1. The summed E-state index contributed by atoms with van der Waals surface area (Å²) in [5.41, 5.74) is 0. The van der Waals surface area contributed by atoms with Gasteiger partial charge in [-0.25, -0.2) is 4.79 Å². The fourth-order valence-electron chi connectivity index (χ4n) is 1.11. The van der Waals surface area contributed by atoms with Crippen LogP contribution in [-0.4, -0.2) is 76.1 Å². The monoisotopic (exact) mass is 284 g/mol. The minimum Gasteiger partial charge on any atom is -0.394 e. The van der Waals surface area contributed by atoms with E-state index in [2.05, 4.69) is 10.6 Å². The number of aldehydes is 1. The summed E-state index contributed by atoms with van der Waals surface area (Å²) in [6.07, 6.45) is -4.92. The van der Waals surface area contributed by atoms with Gasteiger partial charge in [-0.2, -0.15) is 0 Å². The maximum atomic E-state index is 11.2. The number of amides is 2. The highest BCUT2D eigenvalue weighted by atomic mass is 35.5. The lowest BCUT2D eigenvalue weighted by atomic mass is 10.0. The normalized spacial score (nSPS) is 17.4. The topological polar surface area (TPSA) is 139 Å². The molecular formula is C9H17ClN2O6. The second kappa shape index (κ2) is 9.06. The third-order valence-electron chi connectivity index (χ3n) is 2.12. The summed E-state index contributed by atoms with van der Waals surface area (Å²) in [6.45, 7) is -0.626. The summed E-state index contributed by atoms with van der Waals surface area (Å²) in [7, 11) is 0. The van der Waals surface area contributed by atoms with Gasteiger partial charge < -0.3 is 35.9 Å². The van der Waals surface area contributed by atoms with Crippen LogP contribution in [0, 0.1) is 0 Å². The number of halogens is 1. The van der Waals surface area contributed by atoms with Crippen molar-refractivity contribution in [3.8, 4) is 0 Å². The van der Waals surface area contributed by atoms with Crippen LogP contribution in [0.5, 0.6) is 0 Å². The molecule has 106 valence electrons. The van der Waals surface area contributed by atoms with Gasteiger partial charge in [0, 0.05) is 12.4 Å². The zero-order valence-corrected chi connectivity index (χ0v) is 10.2. The maximum Gasteiger partial charge on any atom is 0.315 e. The third kappa shape index (κ3) is 5.61. The van der Waals surface area contributed by atoms with Crippen LogP contribution >= 0.6 is 11.6 Å². The van der Waals surface area contributed by atoms with E-state index in [4.69, 9.17) is 21.8 Å². The van der Waals surface area contributed by atoms with Gasteiger partial charge in [-0.05, 0) is 0 Å². The van der Waals surface area contributed by atoms with Gasteiger partial charge in [0.2, 0.25) is 0 Å². The first-order valence-electron chi connectivity index (χ1n) is 5.18. The molecule has 0 aromatic rings. The second-order valence-electron chi connectivity index (χ2n) is 3.48. The minimum absolute atomic E-state index is 0.164. The van der Waals surface area contributed by atoms with Crippen LogP contribution < -0.4 is 10.6 Å². The smallest absolute Gasteiger partial charge is 0.315 e. The maximum absolute atomic E-state index is 11.2. The minimum atomic E-state index is -1.77. The number of aliphatic hydroxyl groups is 4. The largest absolute Gasteiger partial charge is 0.394 e. The number of carbonyl (C=O) groups excluding carboxylic acids is 2. The fraction of sp³-hybridized carbons (Fsp3) is 0.778. The van der Waals surface area contributed by atoms with Crippen molar-refractivity contribution in [2.75, 3.05) is 19.0 Å². The lowest BCUT2D eigenvalue weighted by Gasteiger charge is -2.26. The van der Waals surface area contributed by atoms with E-state index >= 15 is 0 Å². The Morgan fingerprint density at radius 2 is 1.89 bits per heavy atom. The van der Waals surface area contributed by atoms with Crippen molar-refractivity contribution >= 4 is 23.9 Å². The zero-order chi connectivity index (χ0) is 14.1. The van der Waals surface area contributed by atoms with E-state index in [9.17, 15) is 19.8 Å². The van der Waals surface area contributed by atoms with Gasteiger partial charge in [0.15, 0.2) is 0 Å². The molecule has 4 atom stereocenters. The van der Waals surface area contributed by atoms with Crippen LogP contribution in [0.2, 0.25) is 0 Å². The molecule has 0 aliphatic heterocycles. The first-order chi connectivity index (χ1) is 8.47. The van der Waals surface area contributed by atoms with E-state index in [1.165, 1.54) is 0 Å². The van der Waals surface area contributed by atoms with Crippen LogP contribution in [0.15, 0.2) is 0 Å². The molecule has 0 aliphatic carbocycles. The molecule has 0 fully saturated rings. The molecule has 8 nitrogen and oxygen atoms in total. The Labute approximate surface area is 109 Å². The van der Waals surface area contributed by atoms with E-state index in [0.29, 0.717) is 0 Å². The van der Waals surface area contributed by atoms with E-state index in [1.54, 1.807) is 0 Å². The molecule has 6 N–H and O–H groups in total. The van der Waals surface area contributed by atoms with Gasteiger partial charge in [0.05, 0.1) is 6.61 Å². The summed E-state index contributed by atoms with van der Waals surface area (Å²) in [6, 6.07) is -2.17. The molecule has 0 aliphatic rings. The molecule has 0 rings (SSSR count). The quantitative estimate of drug-likeness (QED) is 0.210. The van der Waals surface area contributed by atoms with E-state index in [0.717, 1.165) is 0 Å². The van der Waals surface area contributed by atoms with Crippen molar-refractivity contribution < 1.29 is 30.0 Å². The number of rotatable bonds is 8. The van der Waals surface area contributed by atoms with E-state index in [1.807, 2.05) is 0 Å². The number of urea groups is 1. The first-order valence-corrected chi connectivity index (χ1v) is 5.72. The average molecular weight is 285 g/mol. The van der Waals surface area contributed by atoms with Crippen molar-refractivity contribution in [2.24, 2.45) is 0 Å². The van der Waals surface area contributed by atoms with Crippen molar-refractivity contribution in [2.45, 2.75) is 24.4 Å². The van der Waals surface area contributed by atoms with Crippen molar-refractivity contribution in [3.05, 3.63) is 0 Å². The van der Waals surface area contributed by atoms with Crippen molar-refractivity contribution in [3.63, 3.8) is 0 Å². The highest BCUT2D eigenvalue weighted by molar-refractivity contribution is 6.18. The molecule has 0 saturated heterocycles. The summed E-state index contributed by atoms with van der Waals surface area (Å²) in [4.78, 5) is 21.9. The van der Waals surface area contributed by atoms with Gasteiger partial charge in [-0.1, -0.05) is 0 Å². The van der Waals surface area contributed by atoms with Crippen LogP contribution in [0.25, 0.3) is 0 Å². The Bertz CT molecular complexity index is 267. The van der Waals surface area contributed by atoms with Gasteiger partial charge in [0.1, 0.15) is 30.6 Å². The molecule has 0 saturated carbocycles. The van der Waals surface area contributed by atoms with Crippen LogP contribution in [0.3, 0.4) is 0 Å². The Hall–Kier alpha value is -0.930. The predicted molar refractivity (Wildman–Crippen MR) is 62.2 cm³/mol. The number of carbonyl (C=O) groups is 2. The molecule has 9 heteroatoms. The Kier molecular flexibility index (Phi) is 8.59. The number of aliphatic hydroxyl groups excluding tert-OH is 4. The Balaban J connectivity index is 4.39. The van der Waals surface area contributed by atoms with Gasteiger partial charge in [-0.3, -0.25) is 0 Å². The lowest BCUT2D eigenvalue weighted by Crippen LogP contribution is -2.55. The van der Waals surface area contributed by atoms with E-state index in [-0.39, 0.29) is 18.7 Å². The molecule has 0 heterocycles. The molecule has 2 amide bonds. The summed E-state index contributed by atoms with van der Waals surface area (Å²) < 4.78 is 0. The fourth-order valence-corrected chi connectivity index (χ4v) is 1.21. The molecule has 0 aromatic heterocycles. The number of hydrogen-bond acceptors (Lipinski definition) is 6. The van der Waals surface area contributed by atoms with Gasteiger partial charge in [-0.15, -0.1) is 11.6 Å². The molecule has 0 bridgehead atoms. The molecular weight excluding hydrogens is 268 g/mol. The Morgan fingerprint density at radius 1 is 1.28 bits per heavy atom. The predicted octanol–water partition coefficient (Wildman–Crippen LogP) is -2.83. The van der Waals surface area contributed by atoms with Crippen molar-refractivity contribution in [1.82, 2.24) is 10.6 Å². The average Bonchev–Trinajstić information content (AvgIpc) is 2.39. The highest BCUT2D eigenvalue weighted by Gasteiger charge is 2.31. The SMILES string of the molecule is O=C[C@H](NC(=O)NCCCl)[C@@H](O)[C@H](O)[C@H](O)CO. The molecule has 0 aromatic carbocycles. The van der Waals surface area contributed by atoms with Gasteiger partial charge >= 0.3 is 6.03 Å². The Morgan fingerprint density at radius 3 is 2.33 bits per heavy atom. The highest BCUT2D eigenvalue weighted by Crippen LogP contribution is 2.03. The van der Waals surface area contributed by atoms with Crippen LogP contribution in [0.4, 0.5) is 4.79 Å². The zero-order valence-electron chi connectivity index (χ0n) is 9.49. The number of hydrogen-bond donors (Lipinski definition) is 6. The number of alkyl halides is 1. The third-order valence-corrected chi connectivity index (χ3v) is 2.31. The molecule has 0 radical (unpaired) electrons. The second-order valence-corrected chi connectivity index (χ2v) is 3.86. The summed E-state index contributed by atoms with van der Waals surface area (Å²) in [5.74, 6) is 0.174.